The topological polar surface area (TPSA) is 110 Å². The molecule has 1 N–H and O–H groups in total. The van der Waals surface area contributed by atoms with E-state index in [9.17, 15) is 14.9 Å². The lowest BCUT2D eigenvalue weighted by Crippen LogP contribution is -2.20. The number of rotatable bonds is 7. The Labute approximate surface area is 194 Å². The molecule has 0 amide bonds. The van der Waals surface area contributed by atoms with Crippen LogP contribution in [-0.2, 0) is 0 Å². The first-order valence-electron chi connectivity index (χ1n) is 10.4. The summed E-state index contributed by atoms with van der Waals surface area (Å²) in [4.78, 5) is 23.8. The molecular formula is C26H20N4O4. The lowest BCUT2D eigenvalue weighted by atomic mass is 10.0. The molecule has 8 heteroatoms. The molecule has 0 radical (unpaired) electrons. The van der Waals surface area contributed by atoms with Crippen LogP contribution in [0.5, 0.6) is 0 Å². The van der Waals surface area contributed by atoms with Gasteiger partial charge in [0, 0.05) is 36.4 Å². The third kappa shape index (κ3) is 4.97. The van der Waals surface area contributed by atoms with E-state index in [4.69, 9.17) is 5.21 Å². The van der Waals surface area contributed by atoms with Crippen LogP contribution in [0.4, 0.5) is 5.69 Å². The molecule has 0 spiro atoms. The third-order valence-electron chi connectivity index (χ3n) is 5.18. The average molecular weight is 452 g/mol. The SMILES string of the molecule is O=c1cc(-c2ccccc2)cc(-c2ccccc2)n1/N=C(\C/C=N\O)c1ccc([N+](=O)[O-])cc1. The highest BCUT2D eigenvalue weighted by Crippen LogP contribution is 2.25. The first kappa shape index (κ1) is 22.3. The Morgan fingerprint density at radius 1 is 0.882 bits per heavy atom. The van der Waals surface area contributed by atoms with E-state index >= 15 is 0 Å². The Bertz CT molecular complexity index is 1410. The lowest BCUT2D eigenvalue weighted by molar-refractivity contribution is -0.384. The summed E-state index contributed by atoms with van der Waals surface area (Å²) in [6, 6.07) is 28.2. The number of nitro benzene ring substituents is 1. The maximum absolute atomic E-state index is 13.3. The van der Waals surface area contributed by atoms with Crippen molar-refractivity contribution in [2.24, 2.45) is 10.3 Å². The molecule has 0 atom stereocenters. The molecule has 0 bridgehead atoms. The number of nitrogens with zero attached hydrogens (tertiary/aromatic N) is 4. The summed E-state index contributed by atoms with van der Waals surface area (Å²) in [6.07, 6.45) is 1.35. The van der Waals surface area contributed by atoms with Gasteiger partial charge in [0.1, 0.15) is 0 Å². The number of pyridine rings is 1. The van der Waals surface area contributed by atoms with Crippen LogP contribution in [0.2, 0.25) is 0 Å². The van der Waals surface area contributed by atoms with Crippen molar-refractivity contribution in [1.29, 1.82) is 0 Å². The summed E-state index contributed by atoms with van der Waals surface area (Å²) in [6.45, 7) is 0. The van der Waals surface area contributed by atoms with Crippen molar-refractivity contribution in [3.05, 3.63) is 123 Å². The second kappa shape index (κ2) is 10.2. The molecule has 0 unspecified atom stereocenters. The minimum atomic E-state index is -0.490. The van der Waals surface area contributed by atoms with Crippen molar-refractivity contribution >= 4 is 17.6 Å². The fourth-order valence-corrected chi connectivity index (χ4v) is 3.52. The predicted octanol–water partition coefficient (Wildman–Crippen LogP) is 5.19. The van der Waals surface area contributed by atoms with Gasteiger partial charge < -0.3 is 5.21 Å². The highest BCUT2D eigenvalue weighted by Gasteiger charge is 2.13. The molecule has 8 nitrogen and oxygen atoms in total. The van der Waals surface area contributed by atoms with Crippen LogP contribution in [0.15, 0.2) is 112 Å². The van der Waals surface area contributed by atoms with E-state index in [1.807, 2.05) is 66.7 Å². The summed E-state index contributed by atoms with van der Waals surface area (Å²) in [7, 11) is 0. The molecule has 34 heavy (non-hydrogen) atoms. The Hall–Kier alpha value is -4.85. The summed E-state index contributed by atoms with van der Waals surface area (Å²) in [5.41, 5.74) is 3.57. The predicted molar refractivity (Wildman–Crippen MR) is 132 cm³/mol. The van der Waals surface area contributed by atoms with Crippen LogP contribution >= 0.6 is 0 Å². The normalized spacial score (nSPS) is 11.6. The minimum Gasteiger partial charge on any atom is -0.411 e. The van der Waals surface area contributed by atoms with E-state index in [1.54, 1.807) is 12.1 Å². The van der Waals surface area contributed by atoms with Gasteiger partial charge in [-0.15, -0.1) is 5.16 Å². The summed E-state index contributed by atoms with van der Waals surface area (Å²) < 4.78 is 1.30. The molecule has 4 rings (SSSR count). The first-order valence-corrected chi connectivity index (χ1v) is 10.4. The summed E-state index contributed by atoms with van der Waals surface area (Å²) in [5, 5.41) is 27.6. The van der Waals surface area contributed by atoms with Gasteiger partial charge >= 0.3 is 0 Å². The van der Waals surface area contributed by atoms with Gasteiger partial charge in [0.2, 0.25) is 0 Å². The van der Waals surface area contributed by atoms with E-state index in [0.717, 1.165) is 16.7 Å². The smallest absolute Gasteiger partial charge is 0.272 e. The molecule has 3 aromatic carbocycles. The Balaban J connectivity index is 1.91. The zero-order valence-corrected chi connectivity index (χ0v) is 18.0. The van der Waals surface area contributed by atoms with Crippen molar-refractivity contribution in [3.63, 3.8) is 0 Å². The van der Waals surface area contributed by atoms with Gasteiger partial charge in [-0.1, -0.05) is 60.7 Å². The number of oxime groups is 1. The zero-order chi connectivity index (χ0) is 23.9. The quantitative estimate of drug-likeness (QED) is 0.180. The van der Waals surface area contributed by atoms with Crippen LogP contribution < -0.4 is 5.56 Å². The van der Waals surface area contributed by atoms with Gasteiger partial charge in [0.05, 0.1) is 16.3 Å². The third-order valence-corrected chi connectivity index (χ3v) is 5.18. The highest BCUT2D eigenvalue weighted by molar-refractivity contribution is 6.07. The van der Waals surface area contributed by atoms with Crippen molar-refractivity contribution in [1.82, 2.24) is 4.68 Å². The number of benzene rings is 3. The van der Waals surface area contributed by atoms with Crippen LogP contribution in [-0.4, -0.2) is 26.7 Å². The van der Waals surface area contributed by atoms with E-state index in [1.165, 1.54) is 29.1 Å². The van der Waals surface area contributed by atoms with Gasteiger partial charge in [-0.25, -0.2) is 0 Å². The number of hydrogen-bond donors (Lipinski definition) is 1. The van der Waals surface area contributed by atoms with Gasteiger partial charge in [0.25, 0.3) is 11.2 Å². The van der Waals surface area contributed by atoms with Crippen LogP contribution in [0, 0.1) is 10.1 Å². The van der Waals surface area contributed by atoms with E-state index in [0.29, 0.717) is 17.0 Å². The van der Waals surface area contributed by atoms with Gasteiger partial charge in [-0.3, -0.25) is 14.9 Å². The standard InChI is InChI=1S/C26H20N4O4/c31-26-18-22(19-7-3-1-4-8-19)17-25(21-9-5-2-6-10-21)29(26)28-24(15-16-27-32)20-11-13-23(14-12-20)30(33)34/h1-14,16-18,32H,15H2/b27-16-,28-24+. The van der Waals surface area contributed by atoms with Crippen molar-refractivity contribution in [2.75, 3.05) is 0 Å². The van der Waals surface area contributed by atoms with Gasteiger partial charge in [0.15, 0.2) is 0 Å². The van der Waals surface area contributed by atoms with Crippen LogP contribution in [0.3, 0.4) is 0 Å². The zero-order valence-electron chi connectivity index (χ0n) is 18.0. The molecule has 168 valence electrons. The molecule has 0 saturated carbocycles. The maximum Gasteiger partial charge on any atom is 0.272 e. The molecule has 0 aliphatic rings. The first-order chi connectivity index (χ1) is 16.6. The molecule has 4 aromatic rings. The van der Waals surface area contributed by atoms with Crippen molar-refractivity contribution in [3.8, 4) is 22.4 Å². The Morgan fingerprint density at radius 2 is 1.50 bits per heavy atom. The van der Waals surface area contributed by atoms with Crippen molar-refractivity contribution in [2.45, 2.75) is 6.42 Å². The molecule has 0 aliphatic carbocycles. The second-order valence-electron chi connectivity index (χ2n) is 7.36. The number of aromatic nitrogens is 1. The van der Waals surface area contributed by atoms with Crippen LogP contribution in [0.1, 0.15) is 12.0 Å². The fourth-order valence-electron chi connectivity index (χ4n) is 3.52. The van der Waals surface area contributed by atoms with Crippen molar-refractivity contribution < 1.29 is 10.1 Å². The molecule has 0 saturated heterocycles. The second-order valence-corrected chi connectivity index (χ2v) is 7.36. The van der Waals surface area contributed by atoms with Gasteiger partial charge in [-0.05, 0) is 34.9 Å². The largest absolute Gasteiger partial charge is 0.411 e. The molecule has 1 heterocycles. The number of nitro groups is 1. The number of non-ortho nitro benzene ring substituents is 1. The summed E-state index contributed by atoms with van der Waals surface area (Å²) >= 11 is 0. The van der Waals surface area contributed by atoms with Gasteiger partial charge in [-0.2, -0.15) is 9.78 Å². The minimum absolute atomic E-state index is 0.0618. The Morgan fingerprint density at radius 3 is 2.09 bits per heavy atom. The molecule has 0 aliphatic heterocycles. The summed E-state index contributed by atoms with van der Waals surface area (Å²) in [5.74, 6) is 0. The molecule has 1 aromatic heterocycles. The fraction of sp³-hybridized carbons (Fsp3) is 0.0385. The number of hydrogen-bond acceptors (Lipinski definition) is 6. The van der Waals surface area contributed by atoms with E-state index < -0.39 is 4.92 Å². The maximum atomic E-state index is 13.3. The Kier molecular flexibility index (Phi) is 6.69. The van der Waals surface area contributed by atoms with E-state index in [-0.39, 0.29) is 17.7 Å². The average Bonchev–Trinajstić information content (AvgIpc) is 2.88. The lowest BCUT2D eigenvalue weighted by Gasteiger charge is -2.13. The molecular weight excluding hydrogens is 432 g/mol. The van der Waals surface area contributed by atoms with E-state index in [2.05, 4.69) is 10.3 Å². The molecule has 0 fully saturated rings. The monoisotopic (exact) mass is 452 g/mol. The highest BCUT2D eigenvalue weighted by atomic mass is 16.6. The van der Waals surface area contributed by atoms with Crippen LogP contribution in [0.25, 0.3) is 22.4 Å².